The lowest BCUT2D eigenvalue weighted by atomic mass is 10.1. The number of nitrogens with zero attached hydrogens (tertiary/aromatic N) is 4. The molecule has 4 rings (SSSR count). The van der Waals surface area contributed by atoms with E-state index >= 15 is 0 Å². The Balaban J connectivity index is 1.39. The van der Waals surface area contributed by atoms with Crippen molar-refractivity contribution in [2.75, 3.05) is 32.8 Å². The Bertz CT molecular complexity index is 772. The molecule has 6 heteroatoms. The van der Waals surface area contributed by atoms with Crippen molar-refractivity contribution in [3.63, 3.8) is 0 Å². The average molecular weight is 367 g/mol. The molecule has 2 heterocycles. The SMILES string of the molecule is CCNC(=NCC1CC1c1ccccc1)N1CCOC(c2cnn(C)c2)C1. The van der Waals surface area contributed by atoms with Gasteiger partial charge in [-0.05, 0) is 30.7 Å². The zero-order valence-electron chi connectivity index (χ0n) is 16.2. The predicted octanol–water partition coefficient (Wildman–Crippen LogP) is 2.56. The quantitative estimate of drug-likeness (QED) is 0.652. The van der Waals surface area contributed by atoms with Crippen LogP contribution in [0.25, 0.3) is 0 Å². The Morgan fingerprint density at radius 1 is 1.30 bits per heavy atom. The summed E-state index contributed by atoms with van der Waals surface area (Å²) in [5, 5.41) is 7.74. The fourth-order valence-corrected chi connectivity index (χ4v) is 3.84. The van der Waals surface area contributed by atoms with Crippen LogP contribution in [0.2, 0.25) is 0 Å². The molecule has 1 aliphatic heterocycles. The van der Waals surface area contributed by atoms with E-state index in [0.717, 1.165) is 37.7 Å². The standard InChI is InChI=1S/C21H29N5O/c1-3-22-21(23-12-17-11-19(17)16-7-5-4-6-8-16)26-9-10-27-20(15-26)18-13-24-25(2)14-18/h4-8,13-14,17,19-20H,3,9-12,15H2,1-2H3,(H,22,23). The van der Waals surface area contributed by atoms with Gasteiger partial charge in [-0.2, -0.15) is 5.10 Å². The van der Waals surface area contributed by atoms with Crippen LogP contribution >= 0.6 is 0 Å². The minimum Gasteiger partial charge on any atom is -0.370 e. The van der Waals surface area contributed by atoms with Crippen molar-refractivity contribution in [1.29, 1.82) is 0 Å². The number of aryl methyl sites for hydroxylation is 1. The summed E-state index contributed by atoms with van der Waals surface area (Å²) in [5.74, 6) is 2.34. The van der Waals surface area contributed by atoms with Gasteiger partial charge in [0, 0.05) is 38.4 Å². The number of hydrogen-bond donors (Lipinski definition) is 1. The predicted molar refractivity (Wildman–Crippen MR) is 107 cm³/mol. The van der Waals surface area contributed by atoms with Crippen molar-refractivity contribution < 1.29 is 4.74 Å². The van der Waals surface area contributed by atoms with Crippen molar-refractivity contribution in [2.24, 2.45) is 18.0 Å². The number of morpholine rings is 1. The molecule has 3 atom stereocenters. The van der Waals surface area contributed by atoms with Gasteiger partial charge in [0.15, 0.2) is 5.96 Å². The van der Waals surface area contributed by atoms with Crippen LogP contribution in [0.3, 0.4) is 0 Å². The minimum absolute atomic E-state index is 0.0503. The van der Waals surface area contributed by atoms with E-state index in [-0.39, 0.29) is 6.10 Å². The van der Waals surface area contributed by atoms with Gasteiger partial charge >= 0.3 is 0 Å². The molecule has 0 radical (unpaired) electrons. The van der Waals surface area contributed by atoms with E-state index in [1.54, 1.807) is 0 Å². The third-order valence-corrected chi connectivity index (χ3v) is 5.42. The first kappa shape index (κ1) is 18.0. The van der Waals surface area contributed by atoms with Gasteiger partial charge in [0.1, 0.15) is 6.10 Å². The average Bonchev–Trinajstić information content (AvgIpc) is 3.36. The van der Waals surface area contributed by atoms with Gasteiger partial charge in [-0.1, -0.05) is 30.3 Å². The summed E-state index contributed by atoms with van der Waals surface area (Å²) in [4.78, 5) is 7.29. The number of nitrogens with one attached hydrogen (secondary N) is 1. The Morgan fingerprint density at radius 3 is 2.89 bits per heavy atom. The monoisotopic (exact) mass is 367 g/mol. The van der Waals surface area contributed by atoms with Crippen LogP contribution < -0.4 is 5.32 Å². The van der Waals surface area contributed by atoms with E-state index in [9.17, 15) is 0 Å². The lowest BCUT2D eigenvalue weighted by Gasteiger charge is -2.34. The molecule has 2 fully saturated rings. The molecule has 27 heavy (non-hydrogen) atoms. The summed E-state index contributed by atoms with van der Waals surface area (Å²) in [6.07, 6.45) is 5.22. The van der Waals surface area contributed by atoms with E-state index in [4.69, 9.17) is 9.73 Å². The number of benzene rings is 1. The highest BCUT2D eigenvalue weighted by Crippen LogP contribution is 2.47. The van der Waals surface area contributed by atoms with Gasteiger partial charge in [-0.25, -0.2) is 0 Å². The zero-order chi connectivity index (χ0) is 18.6. The van der Waals surface area contributed by atoms with Gasteiger partial charge in [0.2, 0.25) is 0 Å². The van der Waals surface area contributed by atoms with Crippen LogP contribution in [0.15, 0.2) is 47.7 Å². The second-order valence-electron chi connectivity index (χ2n) is 7.46. The second-order valence-corrected chi connectivity index (χ2v) is 7.46. The Morgan fingerprint density at radius 2 is 2.15 bits per heavy atom. The van der Waals surface area contributed by atoms with Crippen LogP contribution in [-0.4, -0.2) is 53.4 Å². The van der Waals surface area contributed by atoms with Crippen LogP contribution in [0.4, 0.5) is 0 Å². The van der Waals surface area contributed by atoms with Crippen molar-refractivity contribution in [3.8, 4) is 0 Å². The summed E-state index contributed by atoms with van der Waals surface area (Å²) in [6, 6.07) is 10.8. The number of aliphatic imine (C=N–C) groups is 1. The zero-order valence-corrected chi connectivity index (χ0v) is 16.2. The molecule has 2 aliphatic rings. The minimum atomic E-state index is 0.0503. The molecule has 6 nitrogen and oxygen atoms in total. The fourth-order valence-electron chi connectivity index (χ4n) is 3.84. The number of ether oxygens (including phenoxy) is 1. The van der Waals surface area contributed by atoms with E-state index in [2.05, 4.69) is 52.6 Å². The third kappa shape index (κ3) is 4.33. The van der Waals surface area contributed by atoms with Gasteiger partial charge in [0.25, 0.3) is 0 Å². The van der Waals surface area contributed by atoms with Gasteiger partial charge in [-0.15, -0.1) is 0 Å². The second kappa shape index (κ2) is 8.13. The van der Waals surface area contributed by atoms with Gasteiger partial charge in [-0.3, -0.25) is 9.67 Å². The number of guanidine groups is 1. The number of aromatic nitrogens is 2. The molecule has 1 aromatic carbocycles. The molecule has 1 saturated heterocycles. The number of rotatable bonds is 5. The van der Waals surface area contributed by atoms with Crippen molar-refractivity contribution in [2.45, 2.75) is 25.4 Å². The van der Waals surface area contributed by atoms with Crippen LogP contribution in [-0.2, 0) is 11.8 Å². The lowest BCUT2D eigenvalue weighted by molar-refractivity contribution is -0.00804. The van der Waals surface area contributed by atoms with E-state index in [1.165, 1.54) is 12.0 Å². The maximum Gasteiger partial charge on any atom is 0.194 e. The molecule has 0 bridgehead atoms. The van der Waals surface area contributed by atoms with E-state index in [0.29, 0.717) is 18.4 Å². The van der Waals surface area contributed by atoms with Crippen LogP contribution in [0, 0.1) is 5.92 Å². The van der Waals surface area contributed by atoms with E-state index < -0.39 is 0 Å². The molecular formula is C21H29N5O. The molecule has 144 valence electrons. The molecule has 2 aromatic rings. The van der Waals surface area contributed by atoms with Crippen molar-refractivity contribution >= 4 is 5.96 Å². The molecule has 1 N–H and O–H groups in total. The first-order chi connectivity index (χ1) is 13.2. The molecular weight excluding hydrogens is 338 g/mol. The fraction of sp³-hybridized carbons (Fsp3) is 0.524. The summed E-state index contributed by atoms with van der Waals surface area (Å²) in [5.41, 5.74) is 2.58. The Kier molecular flexibility index (Phi) is 5.43. The van der Waals surface area contributed by atoms with Crippen molar-refractivity contribution in [3.05, 3.63) is 53.9 Å². The highest BCUT2D eigenvalue weighted by Gasteiger charge is 2.38. The summed E-state index contributed by atoms with van der Waals surface area (Å²) >= 11 is 0. The third-order valence-electron chi connectivity index (χ3n) is 5.42. The van der Waals surface area contributed by atoms with Gasteiger partial charge < -0.3 is 15.0 Å². The molecule has 1 saturated carbocycles. The largest absolute Gasteiger partial charge is 0.370 e. The topological polar surface area (TPSA) is 54.7 Å². The highest BCUT2D eigenvalue weighted by molar-refractivity contribution is 5.80. The maximum atomic E-state index is 5.97. The number of hydrogen-bond acceptors (Lipinski definition) is 3. The summed E-state index contributed by atoms with van der Waals surface area (Å²) in [7, 11) is 1.94. The first-order valence-electron chi connectivity index (χ1n) is 9.93. The lowest BCUT2D eigenvalue weighted by Crippen LogP contribution is -2.48. The Labute approximate surface area is 161 Å². The molecule has 0 amide bonds. The maximum absolute atomic E-state index is 5.97. The molecule has 1 aliphatic carbocycles. The molecule has 3 unspecified atom stereocenters. The smallest absolute Gasteiger partial charge is 0.194 e. The highest BCUT2D eigenvalue weighted by atomic mass is 16.5. The summed E-state index contributed by atoms with van der Waals surface area (Å²) < 4.78 is 7.80. The van der Waals surface area contributed by atoms with Crippen LogP contribution in [0.5, 0.6) is 0 Å². The van der Waals surface area contributed by atoms with E-state index in [1.807, 2.05) is 24.1 Å². The first-order valence-corrected chi connectivity index (χ1v) is 9.93. The normalized spacial score (nSPS) is 25.5. The molecule has 1 aromatic heterocycles. The van der Waals surface area contributed by atoms with Crippen LogP contribution in [0.1, 0.15) is 36.5 Å². The molecule has 0 spiro atoms. The van der Waals surface area contributed by atoms with Gasteiger partial charge in [0.05, 0.1) is 19.3 Å². The Hall–Kier alpha value is -2.34. The van der Waals surface area contributed by atoms with Crippen molar-refractivity contribution in [1.82, 2.24) is 20.0 Å². The summed E-state index contributed by atoms with van der Waals surface area (Å²) in [6.45, 7) is 6.27.